The number of nitrogens with zero attached hydrogens (tertiary/aromatic N) is 2. The van der Waals surface area contributed by atoms with Crippen molar-refractivity contribution >= 4 is 5.82 Å². The van der Waals surface area contributed by atoms with Crippen LogP contribution in [0, 0.1) is 0 Å². The van der Waals surface area contributed by atoms with Crippen LogP contribution in [0.2, 0.25) is 0 Å². The van der Waals surface area contributed by atoms with E-state index in [4.69, 9.17) is 5.73 Å². The molecule has 0 spiro atoms. The number of nitrogen functional groups attached to an aromatic ring is 1. The van der Waals surface area contributed by atoms with E-state index >= 15 is 0 Å². The fourth-order valence-electron chi connectivity index (χ4n) is 1.74. The van der Waals surface area contributed by atoms with Gasteiger partial charge in [-0.1, -0.05) is 26.0 Å². The molecule has 0 aliphatic carbocycles. The van der Waals surface area contributed by atoms with E-state index in [1.54, 1.807) is 12.1 Å². The number of nitrogens with two attached hydrogens (primary N) is 1. The molecule has 0 atom stereocenters. The van der Waals surface area contributed by atoms with Crippen molar-refractivity contribution in [2.24, 2.45) is 0 Å². The lowest BCUT2D eigenvalue weighted by Gasteiger charge is -2.08. The molecule has 0 amide bonds. The van der Waals surface area contributed by atoms with Gasteiger partial charge >= 0.3 is 6.18 Å². The van der Waals surface area contributed by atoms with Crippen LogP contribution in [0.3, 0.4) is 0 Å². The smallest absolute Gasteiger partial charge is 0.384 e. The molecule has 0 saturated heterocycles. The van der Waals surface area contributed by atoms with Gasteiger partial charge in [-0.15, -0.1) is 0 Å². The molecule has 1 aromatic heterocycles. The molecule has 1 aromatic carbocycles. The van der Waals surface area contributed by atoms with E-state index in [2.05, 4.69) is 5.10 Å². The van der Waals surface area contributed by atoms with Gasteiger partial charge < -0.3 is 5.73 Å². The van der Waals surface area contributed by atoms with Crippen molar-refractivity contribution in [3.8, 4) is 5.69 Å². The molecule has 0 aliphatic rings. The standard InChI is InChI=1S/C13H14F3N3/c1-8(2)9-3-5-10(6-4-9)19-12(17)7-11(18-19)13(14,15)16/h3-8H,17H2,1-2H3. The van der Waals surface area contributed by atoms with E-state index in [-0.39, 0.29) is 5.82 Å². The van der Waals surface area contributed by atoms with Gasteiger partial charge in [0, 0.05) is 6.07 Å². The van der Waals surface area contributed by atoms with Crippen LogP contribution in [0.1, 0.15) is 31.0 Å². The molecule has 2 N–H and O–H groups in total. The number of aromatic nitrogens is 2. The highest BCUT2D eigenvalue weighted by molar-refractivity contribution is 5.44. The summed E-state index contributed by atoms with van der Waals surface area (Å²) in [5.74, 6) is 0.319. The summed E-state index contributed by atoms with van der Waals surface area (Å²) in [6, 6.07) is 7.96. The largest absolute Gasteiger partial charge is 0.435 e. The van der Waals surface area contributed by atoms with E-state index in [0.717, 1.165) is 16.3 Å². The minimum atomic E-state index is -4.49. The Hall–Kier alpha value is -1.98. The molecule has 0 unspecified atom stereocenters. The van der Waals surface area contributed by atoms with Crippen LogP contribution in [0.5, 0.6) is 0 Å². The second-order valence-electron chi connectivity index (χ2n) is 4.61. The predicted molar refractivity (Wildman–Crippen MR) is 67.1 cm³/mol. The van der Waals surface area contributed by atoms with Gasteiger partial charge in [-0.25, -0.2) is 4.68 Å². The molecular weight excluding hydrogens is 255 g/mol. The molecule has 0 aliphatic heterocycles. The Morgan fingerprint density at radius 3 is 2.16 bits per heavy atom. The molecule has 3 nitrogen and oxygen atoms in total. The molecule has 19 heavy (non-hydrogen) atoms. The number of halogens is 3. The van der Waals surface area contributed by atoms with Gasteiger partial charge in [0.05, 0.1) is 5.69 Å². The first-order valence-electron chi connectivity index (χ1n) is 5.82. The lowest BCUT2D eigenvalue weighted by Crippen LogP contribution is -2.07. The van der Waals surface area contributed by atoms with E-state index < -0.39 is 11.9 Å². The lowest BCUT2D eigenvalue weighted by atomic mass is 10.0. The zero-order valence-corrected chi connectivity index (χ0v) is 10.6. The quantitative estimate of drug-likeness (QED) is 0.905. The molecule has 2 rings (SSSR count). The average molecular weight is 269 g/mol. The first-order valence-corrected chi connectivity index (χ1v) is 5.82. The average Bonchev–Trinajstić information content (AvgIpc) is 2.71. The molecule has 0 bridgehead atoms. The third kappa shape index (κ3) is 2.72. The summed E-state index contributed by atoms with van der Waals surface area (Å²) in [7, 11) is 0. The number of hydrogen-bond acceptors (Lipinski definition) is 2. The second kappa shape index (κ2) is 4.60. The molecule has 102 valence electrons. The van der Waals surface area contributed by atoms with Crippen molar-refractivity contribution < 1.29 is 13.2 Å². The van der Waals surface area contributed by atoms with Gasteiger partial charge in [0.15, 0.2) is 5.69 Å². The van der Waals surface area contributed by atoms with Crippen LogP contribution in [0.15, 0.2) is 30.3 Å². The highest BCUT2D eigenvalue weighted by Gasteiger charge is 2.34. The fraction of sp³-hybridized carbons (Fsp3) is 0.308. The Morgan fingerprint density at radius 2 is 1.74 bits per heavy atom. The lowest BCUT2D eigenvalue weighted by molar-refractivity contribution is -0.141. The Kier molecular flexibility index (Phi) is 3.26. The van der Waals surface area contributed by atoms with Crippen molar-refractivity contribution in [3.05, 3.63) is 41.6 Å². The molecule has 0 saturated carbocycles. The minimum absolute atomic E-state index is 0.0374. The van der Waals surface area contributed by atoms with Gasteiger partial charge in [0.1, 0.15) is 5.82 Å². The summed E-state index contributed by atoms with van der Waals surface area (Å²) >= 11 is 0. The van der Waals surface area contributed by atoms with Gasteiger partial charge in [-0.3, -0.25) is 0 Å². The first kappa shape index (κ1) is 13.5. The van der Waals surface area contributed by atoms with Crippen molar-refractivity contribution in [1.29, 1.82) is 0 Å². The maximum Gasteiger partial charge on any atom is 0.435 e. The molecule has 6 heteroatoms. The van der Waals surface area contributed by atoms with E-state index in [1.807, 2.05) is 26.0 Å². The van der Waals surface area contributed by atoms with Crippen LogP contribution in [0.25, 0.3) is 5.69 Å². The third-order valence-electron chi connectivity index (χ3n) is 2.83. The minimum Gasteiger partial charge on any atom is -0.384 e. The second-order valence-corrected chi connectivity index (χ2v) is 4.61. The predicted octanol–water partition coefficient (Wildman–Crippen LogP) is 3.60. The Bertz CT molecular complexity index is 568. The highest BCUT2D eigenvalue weighted by Crippen LogP contribution is 2.30. The van der Waals surface area contributed by atoms with E-state index in [0.29, 0.717) is 11.6 Å². The van der Waals surface area contributed by atoms with Gasteiger partial charge in [0.25, 0.3) is 0 Å². The monoisotopic (exact) mass is 269 g/mol. The zero-order chi connectivity index (χ0) is 14.2. The molecule has 0 fully saturated rings. The molecular formula is C13H14F3N3. The normalized spacial score (nSPS) is 12.1. The van der Waals surface area contributed by atoms with Crippen LogP contribution in [0.4, 0.5) is 19.0 Å². The first-order chi connectivity index (χ1) is 8.79. The Labute approximate surface area is 108 Å². The summed E-state index contributed by atoms with van der Waals surface area (Å²) in [6.07, 6.45) is -4.49. The topological polar surface area (TPSA) is 43.8 Å². The maximum absolute atomic E-state index is 12.5. The van der Waals surface area contributed by atoms with E-state index in [1.165, 1.54) is 0 Å². The summed E-state index contributed by atoms with van der Waals surface area (Å²) < 4.78 is 38.7. The summed E-state index contributed by atoms with van der Waals surface area (Å²) in [6.45, 7) is 4.08. The zero-order valence-electron chi connectivity index (χ0n) is 10.6. The van der Waals surface area contributed by atoms with Crippen LogP contribution >= 0.6 is 0 Å². The molecule has 1 heterocycles. The number of hydrogen-bond donors (Lipinski definition) is 1. The number of benzene rings is 1. The van der Waals surface area contributed by atoms with Crippen LogP contribution in [-0.4, -0.2) is 9.78 Å². The molecule has 2 aromatic rings. The summed E-state index contributed by atoms with van der Waals surface area (Å²) in [5.41, 5.74) is 6.19. The van der Waals surface area contributed by atoms with Crippen molar-refractivity contribution in [2.45, 2.75) is 25.9 Å². The van der Waals surface area contributed by atoms with Crippen molar-refractivity contribution in [3.63, 3.8) is 0 Å². The van der Waals surface area contributed by atoms with Crippen molar-refractivity contribution in [1.82, 2.24) is 9.78 Å². The SMILES string of the molecule is CC(C)c1ccc(-n2nc(C(F)(F)F)cc2N)cc1. The van der Waals surface area contributed by atoms with E-state index in [9.17, 15) is 13.2 Å². The van der Waals surface area contributed by atoms with Crippen molar-refractivity contribution in [2.75, 3.05) is 5.73 Å². The third-order valence-corrected chi connectivity index (χ3v) is 2.83. The van der Waals surface area contributed by atoms with Crippen LogP contribution in [-0.2, 0) is 6.18 Å². The molecule has 0 radical (unpaired) electrons. The fourth-order valence-corrected chi connectivity index (χ4v) is 1.74. The Balaban J connectivity index is 2.39. The van der Waals surface area contributed by atoms with Gasteiger partial charge in [-0.05, 0) is 23.6 Å². The summed E-state index contributed by atoms with van der Waals surface area (Å²) in [4.78, 5) is 0. The highest BCUT2D eigenvalue weighted by atomic mass is 19.4. The maximum atomic E-state index is 12.5. The van der Waals surface area contributed by atoms with Crippen LogP contribution < -0.4 is 5.73 Å². The Morgan fingerprint density at radius 1 is 1.16 bits per heavy atom. The summed E-state index contributed by atoms with van der Waals surface area (Å²) in [5, 5.41) is 3.49. The van der Waals surface area contributed by atoms with Gasteiger partial charge in [0.2, 0.25) is 0 Å². The van der Waals surface area contributed by atoms with Gasteiger partial charge in [-0.2, -0.15) is 18.3 Å². The number of rotatable bonds is 2. The number of anilines is 1. The number of alkyl halides is 3.